The van der Waals surface area contributed by atoms with Gasteiger partial charge in [-0.1, -0.05) is 34.9 Å². The van der Waals surface area contributed by atoms with Crippen LogP contribution in [0.25, 0.3) is 0 Å². The summed E-state index contributed by atoms with van der Waals surface area (Å²) in [6, 6.07) is 4.00. The summed E-state index contributed by atoms with van der Waals surface area (Å²) in [5.41, 5.74) is 2.44. The summed E-state index contributed by atoms with van der Waals surface area (Å²) in [5, 5.41) is 0.0227. The number of carbonyl (C=O) groups excluding carboxylic acids is 2. The van der Waals surface area contributed by atoms with E-state index < -0.39 is 11.8 Å². The van der Waals surface area contributed by atoms with Crippen molar-refractivity contribution < 1.29 is 23.5 Å². The van der Waals surface area contributed by atoms with Gasteiger partial charge in [0.15, 0.2) is 11.6 Å². The molecule has 0 N–H and O–H groups in total. The van der Waals surface area contributed by atoms with Gasteiger partial charge in [0.25, 0.3) is 0 Å². The highest BCUT2D eigenvalue weighted by Gasteiger charge is 2.13. The quantitative estimate of drug-likeness (QED) is 0.285. The van der Waals surface area contributed by atoms with Gasteiger partial charge in [-0.2, -0.15) is 0 Å². The zero-order valence-corrected chi connectivity index (χ0v) is 16.8. The molecule has 0 fully saturated rings. The molecular formula is C21H26ClFO4. The van der Waals surface area contributed by atoms with Crippen LogP contribution in [0.5, 0.6) is 5.75 Å². The van der Waals surface area contributed by atoms with Gasteiger partial charge in [-0.25, -0.2) is 4.39 Å². The van der Waals surface area contributed by atoms with Gasteiger partial charge in [0.2, 0.25) is 0 Å². The smallest absolute Gasteiger partial charge is 0.311 e. The van der Waals surface area contributed by atoms with E-state index in [0.29, 0.717) is 0 Å². The Balaban J connectivity index is 2.25. The predicted octanol–water partition coefficient (Wildman–Crippen LogP) is 5.79. The minimum absolute atomic E-state index is 0.0227. The predicted molar refractivity (Wildman–Crippen MR) is 104 cm³/mol. The molecule has 27 heavy (non-hydrogen) atoms. The number of esters is 2. The molecule has 0 saturated heterocycles. The van der Waals surface area contributed by atoms with Crippen molar-refractivity contribution in [2.24, 2.45) is 0 Å². The maximum Gasteiger partial charge on any atom is 0.311 e. The summed E-state index contributed by atoms with van der Waals surface area (Å²) in [6.45, 7) is 6.33. The Morgan fingerprint density at radius 1 is 1.07 bits per heavy atom. The van der Waals surface area contributed by atoms with Crippen molar-refractivity contribution in [3.63, 3.8) is 0 Å². The van der Waals surface area contributed by atoms with Crippen LogP contribution in [-0.4, -0.2) is 18.5 Å². The monoisotopic (exact) mass is 396 g/mol. The maximum absolute atomic E-state index is 13.5. The van der Waals surface area contributed by atoms with E-state index in [1.165, 1.54) is 17.7 Å². The molecule has 1 rings (SSSR count). The minimum atomic E-state index is -0.706. The van der Waals surface area contributed by atoms with Gasteiger partial charge in [-0.15, -0.1) is 0 Å². The van der Waals surface area contributed by atoms with Crippen molar-refractivity contribution in [2.75, 3.05) is 6.61 Å². The van der Waals surface area contributed by atoms with Gasteiger partial charge < -0.3 is 9.47 Å². The van der Waals surface area contributed by atoms with Crippen LogP contribution in [-0.2, 0) is 14.3 Å². The van der Waals surface area contributed by atoms with Crippen LogP contribution in [0.1, 0.15) is 52.9 Å². The van der Waals surface area contributed by atoms with Crippen molar-refractivity contribution in [2.45, 2.75) is 52.9 Å². The average molecular weight is 397 g/mol. The Morgan fingerprint density at radius 2 is 1.78 bits per heavy atom. The van der Waals surface area contributed by atoms with E-state index in [2.05, 4.69) is 19.9 Å². The van der Waals surface area contributed by atoms with Crippen molar-refractivity contribution in [1.29, 1.82) is 0 Å². The molecule has 0 saturated carbocycles. The molecule has 0 unspecified atom stereocenters. The first-order chi connectivity index (χ1) is 12.8. The Kier molecular flexibility index (Phi) is 10.4. The van der Waals surface area contributed by atoms with Crippen molar-refractivity contribution >= 4 is 23.5 Å². The van der Waals surface area contributed by atoms with E-state index in [1.54, 1.807) is 0 Å². The van der Waals surface area contributed by atoms with Gasteiger partial charge in [0.05, 0.1) is 5.02 Å². The molecule has 0 aliphatic carbocycles. The fourth-order valence-corrected chi connectivity index (χ4v) is 2.36. The molecule has 0 aromatic heterocycles. The Labute approximate surface area is 165 Å². The lowest BCUT2D eigenvalue weighted by molar-refractivity contribution is -0.142. The Bertz CT molecular complexity index is 686. The Morgan fingerprint density at radius 3 is 2.44 bits per heavy atom. The zero-order valence-electron chi connectivity index (χ0n) is 16.0. The first-order valence-electron chi connectivity index (χ1n) is 8.89. The lowest BCUT2D eigenvalue weighted by Gasteiger charge is -2.07. The SMILES string of the molecule is CC(C)=CCC/C(C)=C/COC(=O)CCCC(=O)Oc1c(F)cccc1Cl. The molecule has 0 atom stereocenters. The fraction of sp³-hybridized carbons (Fsp3) is 0.429. The first-order valence-corrected chi connectivity index (χ1v) is 9.26. The third-order valence-electron chi connectivity index (χ3n) is 3.66. The highest BCUT2D eigenvalue weighted by Crippen LogP contribution is 2.27. The molecule has 0 heterocycles. The number of hydrogen-bond acceptors (Lipinski definition) is 4. The van der Waals surface area contributed by atoms with E-state index in [0.717, 1.165) is 24.5 Å². The molecule has 4 nitrogen and oxygen atoms in total. The summed E-state index contributed by atoms with van der Waals surface area (Å²) in [5.74, 6) is -2.03. The highest BCUT2D eigenvalue weighted by atomic mass is 35.5. The molecule has 0 aliphatic rings. The third-order valence-corrected chi connectivity index (χ3v) is 3.96. The van der Waals surface area contributed by atoms with Gasteiger partial charge >= 0.3 is 11.9 Å². The second-order valence-electron chi connectivity index (χ2n) is 6.43. The summed E-state index contributed by atoms with van der Waals surface area (Å²) in [6.07, 6.45) is 6.25. The molecule has 1 aromatic rings. The molecule has 6 heteroatoms. The number of hydrogen-bond donors (Lipinski definition) is 0. The molecule has 0 amide bonds. The molecule has 1 aromatic carbocycles. The third kappa shape index (κ3) is 9.94. The summed E-state index contributed by atoms with van der Waals surface area (Å²) < 4.78 is 23.6. The van der Waals surface area contributed by atoms with E-state index in [-0.39, 0.29) is 42.6 Å². The summed E-state index contributed by atoms with van der Waals surface area (Å²) >= 11 is 5.79. The van der Waals surface area contributed by atoms with Crippen LogP contribution in [0.4, 0.5) is 4.39 Å². The maximum atomic E-state index is 13.5. The van der Waals surface area contributed by atoms with E-state index in [4.69, 9.17) is 21.1 Å². The van der Waals surface area contributed by atoms with Crippen molar-refractivity contribution in [1.82, 2.24) is 0 Å². The van der Waals surface area contributed by atoms with Crippen LogP contribution in [0.15, 0.2) is 41.5 Å². The zero-order chi connectivity index (χ0) is 20.2. The number of benzene rings is 1. The second-order valence-corrected chi connectivity index (χ2v) is 6.84. The van der Waals surface area contributed by atoms with Crippen molar-refractivity contribution in [3.8, 4) is 5.75 Å². The van der Waals surface area contributed by atoms with Crippen LogP contribution in [0, 0.1) is 5.82 Å². The average Bonchev–Trinajstić information content (AvgIpc) is 2.58. The number of carbonyl (C=O) groups is 2. The summed E-state index contributed by atoms with van der Waals surface area (Å²) in [7, 11) is 0. The van der Waals surface area contributed by atoms with E-state index in [9.17, 15) is 14.0 Å². The van der Waals surface area contributed by atoms with Crippen LogP contribution >= 0.6 is 11.6 Å². The topological polar surface area (TPSA) is 52.6 Å². The Hall–Kier alpha value is -2.14. The lowest BCUT2D eigenvalue weighted by atomic mass is 10.1. The number of para-hydroxylation sites is 1. The highest BCUT2D eigenvalue weighted by molar-refractivity contribution is 6.32. The molecular weight excluding hydrogens is 371 g/mol. The molecule has 0 bridgehead atoms. The molecule has 148 valence electrons. The molecule has 0 aliphatic heterocycles. The number of ether oxygens (including phenoxy) is 2. The fourth-order valence-electron chi connectivity index (χ4n) is 2.16. The van der Waals surface area contributed by atoms with Crippen LogP contribution < -0.4 is 4.74 Å². The van der Waals surface area contributed by atoms with Crippen molar-refractivity contribution in [3.05, 3.63) is 52.3 Å². The van der Waals surface area contributed by atoms with E-state index >= 15 is 0 Å². The molecule has 0 spiro atoms. The van der Waals surface area contributed by atoms with Gasteiger partial charge in [0, 0.05) is 12.8 Å². The van der Waals surface area contributed by atoms with Crippen LogP contribution in [0.3, 0.4) is 0 Å². The standard InChI is InChI=1S/C21H26ClFO4/c1-15(2)7-4-8-16(3)13-14-26-19(24)11-6-12-20(25)27-21-17(22)9-5-10-18(21)23/h5,7,9-10,13H,4,6,8,11-12,14H2,1-3H3/b16-13+. The molecule has 0 radical (unpaired) electrons. The summed E-state index contributed by atoms with van der Waals surface area (Å²) in [4.78, 5) is 23.4. The number of rotatable bonds is 10. The first kappa shape index (κ1) is 22.9. The largest absolute Gasteiger partial charge is 0.461 e. The number of halogens is 2. The van der Waals surface area contributed by atoms with Gasteiger partial charge in [0.1, 0.15) is 6.61 Å². The van der Waals surface area contributed by atoms with E-state index in [1.807, 2.05) is 13.0 Å². The van der Waals surface area contributed by atoms with Crippen LogP contribution in [0.2, 0.25) is 5.02 Å². The normalized spacial score (nSPS) is 11.1. The second kappa shape index (κ2) is 12.3. The minimum Gasteiger partial charge on any atom is -0.461 e. The van der Waals surface area contributed by atoms with Gasteiger partial charge in [-0.3, -0.25) is 9.59 Å². The number of allylic oxidation sites excluding steroid dienone is 3. The lowest BCUT2D eigenvalue weighted by Crippen LogP contribution is -2.11. The van der Waals surface area contributed by atoms with Gasteiger partial charge in [-0.05, 0) is 58.2 Å².